The molecule has 1 amide bonds. The van der Waals surface area contributed by atoms with Gasteiger partial charge in [0.05, 0.1) is 11.4 Å². The molecule has 3 heterocycles. The Labute approximate surface area is 186 Å². The molecule has 1 aliphatic heterocycles. The molecule has 0 saturated carbocycles. The molecule has 3 aromatic rings. The van der Waals surface area contributed by atoms with Crippen molar-refractivity contribution in [2.24, 2.45) is 0 Å². The third kappa shape index (κ3) is 4.55. The van der Waals surface area contributed by atoms with Crippen LogP contribution in [0, 0.1) is 0 Å². The number of aromatic nitrogens is 4. The summed E-state index contributed by atoms with van der Waals surface area (Å²) in [6.07, 6.45) is 6.81. The van der Waals surface area contributed by atoms with Crippen molar-refractivity contribution < 1.29 is 4.79 Å². The number of benzene rings is 1. The van der Waals surface area contributed by atoms with Crippen LogP contribution >= 0.6 is 11.6 Å². The number of hydrogen-bond donors (Lipinski definition) is 1. The first kappa shape index (κ1) is 21.3. The van der Waals surface area contributed by atoms with Crippen molar-refractivity contribution in [3.8, 4) is 11.3 Å². The van der Waals surface area contributed by atoms with Gasteiger partial charge in [-0.05, 0) is 39.1 Å². The van der Waals surface area contributed by atoms with E-state index in [1.807, 2.05) is 58.9 Å². The Balaban J connectivity index is 1.66. The smallest absolute Gasteiger partial charge is 0.246 e. The molecule has 0 unspecified atom stereocenters. The highest BCUT2D eigenvalue weighted by Gasteiger charge is 2.28. The number of rotatable bonds is 5. The number of nitrogen functional groups attached to an aromatic ring is 1. The number of halogens is 1. The lowest BCUT2D eigenvalue weighted by Crippen LogP contribution is -2.40. The van der Waals surface area contributed by atoms with Crippen molar-refractivity contribution in [1.29, 1.82) is 0 Å². The molecule has 1 saturated heterocycles. The van der Waals surface area contributed by atoms with Gasteiger partial charge < -0.3 is 15.5 Å². The molecule has 2 aromatic heterocycles. The summed E-state index contributed by atoms with van der Waals surface area (Å²) in [5.74, 6) is 0.409. The quantitative estimate of drug-likeness (QED) is 0.614. The van der Waals surface area contributed by atoms with Gasteiger partial charge in [-0.3, -0.25) is 4.79 Å². The molecule has 0 bridgehead atoms. The van der Waals surface area contributed by atoms with Crippen LogP contribution in [-0.4, -0.2) is 69.2 Å². The fourth-order valence-corrected chi connectivity index (χ4v) is 4.01. The maximum atomic E-state index is 12.7. The van der Waals surface area contributed by atoms with Gasteiger partial charge >= 0.3 is 0 Å². The minimum Gasteiger partial charge on any atom is -0.383 e. The van der Waals surface area contributed by atoms with Gasteiger partial charge in [-0.15, -0.1) is 0 Å². The second kappa shape index (κ2) is 9.03. The second-order valence-electron chi connectivity index (χ2n) is 8.00. The molecule has 1 atom stereocenters. The number of nitrogens with zero attached hydrogens (tertiary/aromatic N) is 6. The van der Waals surface area contributed by atoms with Crippen LogP contribution in [0.15, 0.2) is 42.7 Å². The van der Waals surface area contributed by atoms with Crippen LogP contribution in [0.3, 0.4) is 0 Å². The van der Waals surface area contributed by atoms with Gasteiger partial charge in [-0.2, -0.15) is 5.10 Å². The summed E-state index contributed by atoms with van der Waals surface area (Å²) in [5.41, 5.74) is 8.51. The number of carbonyl (C=O) groups excluding carboxylic acids is 1. The lowest BCUT2D eigenvalue weighted by Gasteiger charge is -2.32. The van der Waals surface area contributed by atoms with Crippen LogP contribution in [-0.2, 0) is 4.79 Å². The van der Waals surface area contributed by atoms with Gasteiger partial charge in [-0.1, -0.05) is 29.8 Å². The van der Waals surface area contributed by atoms with E-state index in [2.05, 4.69) is 9.97 Å². The summed E-state index contributed by atoms with van der Waals surface area (Å²) < 4.78 is 1.90. The number of amides is 1. The van der Waals surface area contributed by atoms with Gasteiger partial charge in [0.1, 0.15) is 17.8 Å². The molecule has 162 valence electrons. The molecule has 1 aromatic carbocycles. The summed E-state index contributed by atoms with van der Waals surface area (Å²) in [5, 5.41) is 6.26. The molecular weight excluding hydrogens is 414 g/mol. The average Bonchev–Trinajstić information content (AvgIpc) is 3.15. The molecule has 1 aliphatic rings. The second-order valence-corrected chi connectivity index (χ2v) is 8.44. The monoisotopic (exact) mass is 439 g/mol. The lowest BCUT2D eigenvalue weighted by molar-refractivity contribution is -0.127. The number of likely N-dealkylation sites (tertiary alicyclic amines) is 1. The standard InChI is InChI=1S/C22H26ClN7O/c1-28(2)11-4-6-18(31)29-12-3-5-17(13-29)30-22-19(21(24)25-14-26-22)20(27-30)15-7-9-16(23)10-8-15/h4,6-10,14,17H,3,5,11-13H2,1-2H3,(H2,24,25,26)/t17-/m1/s1. The number of nitrogens with two attached hydrogens (primary N) is 1. The third-order valence-electron chi connectivity index (χ3n) is 5.42. The van der Waals surface area contributed by atoms with E-state index in [4.69, 9.17) is 22.4 Å². The number of carbonyl (C=O) groups is 1. The van der Waals surface area contributed by atoms with Crippen LogP contribution in [0.1, 0.15) is 18.9 Å². The Kier molecular flexibility index (Phi) is 6.20. The zero-order chi connectivity index (χ0) is 22.0. The van der Waals surface area contributed by atoms with E-state index >= 15 is 0 Å². The summed E-state index contributed by atoms with van der Waals surface area (Å²) in [4.78, 5) is 25.2. The van der Waals surface area contributed by atoms with Crippen molar-refractivity contribution in [3.63, 3.8) is 0 Å². The molecule has 0 radical (unpaired) electrons. The van der Waals surface area contributed by atoms with E-state index in [9.17, 15) is 4.79 Å². The highest BCUT2D eigenvalue weighted by atomic mass is 35.5. The van der Waals surface area contributed by atoms with Gasteiger partial charge in [0.15, 0.2) is 5.65 Å². The minimum atomic E-state index is 0.0119. The highest BCUT2D eigenvalue weighted by Crippen LogP contribution is 2.34. The molecule has 0 aliphatic carbocycles. The largest absolute Gasteiger partial charge is 0.383 e. The zero-order valence-corrected chi connectivity index (χ0v) is 18.5. The number of fused-ring (bicyclic) bond motifs is 1. The molecule has 8 nitrogen and oxygen atoms in total. The Bertz CT molecular complexity index is 1110. The fourth-order valence-electron chi connectivity index (χ4n) is 3.88. The van der Waals surface area contributed by atoms with E-state index < -0.39 is 0 Å². The van der Waals surface area contributed by atoms with Gasteiger partial charge in [0.2, 0.25) is 5.91 Å². The van der Waals surface area contributed by atoms with Gasteiger partial charge in [0.25, 0.3) is 0 Å². The molecule has 9 heteroatoms. The van der Waals surface area contributed by atoms with Crippen molar-refractivity contribution >= 4 is 34.4 Å². The number of likely N-dealkylation sites (N-methyl/N-ethyl adjacent to an activating group) is 1. The van der Waals surface area contributed by atoms with E-state index in [-0.39, 0.29) is 11.9 Å². The zero-order valence-electron chi connectivity index (χ0n) is 17.7. The fraction of sp³-hybridized carbons (Fsp3) is 0.364. The summed E-state index contributed by atoms with van der Waals surface area (Å²) in [6.45, 7) is 2.04. The van der Waals surface area contributed by atoms with Crippen molar-refractivity contribution in [2.75, 3.05) is 39.5 Å². The first-order chi connectivity index (χ1) is 14.9. The molecule has 31 heavy (non-hydrogen) atoms. The molecular formula is C22H26ClN7O. The van der Waals surface area contributed by atoms with Crippen molar-refractivity contribution in [3.05, 3.63) is 47.8 Å². The van der Waals surface area contributed by atoms with Crippen LogP contribution in [0.2, 0.25) is 5.02 Å². The maximum Gasteiger partial charge on any atom is 0.246 e. The minimum absolute atomic E-state index is 0.0119. The topological polar surface area (TPSA) is 93.2 Å². The first-order valence-electron chi connectivity index (χ1n) is 10.3. The Hall–Kier alpha value is -2.97. The van der Waals surface area contributed by atoms with Gasteiger partial charge in [0, 0.05) is 36.3 Å². The van der Waals surface area contributed by atoms with Crippen LogP contribution in [0.25, 0.3) is 22.3 Å². The highest BCUT2D eigenvalue weighted by molar-refractivity contribution is 6.30. The SMILES string of the molecule is CN(C)CC=CC(=O)N1CCC[C@@H](n2nc(-c3ccc(Cl)cc3)c3c(N)ncnc32)C1. The van der Waals surface area contributed by atoms with Crippen molar-refractivity contribution in [2.45, 2.75) is 18.9 Å². The molecule has 4 rings (SSSR count). The van der Waals surface area contributed by atoms with Crippen LogP contribution in [0.5, 0.6) is 0 Å². The Morgan fingerprint density at radius 3 is 2.81 bits per heavy atom. The normalized spacial score (nSPS) is 17.2. The number of anilines is 1. The third-order valence-corrected chi connectivity index (χ3v) is 5.67. The van der Waals surface area contributed by atoms with E-state index in [1.54, 1.807) is 6.08 Å². The van der Waals surface area contributed by atoms with E-state index in [0.717, 1.165) is 42.6 Å². The number of piperidine rings is 1. The maximum absolute atomic E-state index is 12.7. The Morgan fingerprint density at radius 2 is 2.06 bits per heavy atom. The predicted octanol–water partition coefficient (Wildman–Crippen LogP) is 3.01. The van der Waals surface area contributed by atoms with Crippen LogP contribution in [0.4, 0.5) is 5.82 Å². The summed E-state index contributed by atoms with van der Waals surface area (Å²) >= 11 is 6.05. The van der Waals surface area contributed by atoms with Gasteiger partial charge in [-0.25, -0.2) is 14.6 Å². The molecule has 2 N–H and O–H groups in total. The first-order valence-corrected chi connectivity index (χ1v) is 10.7. The van der Waals surface area contributed by atoms with Crippen LogP contribution < -0.4 is 5.73 Å². The summed E-state index contributed by atoms with van der Waals surface area (Å²) in [6, 6.07) is 7.48. The Morgan fingerprint density at radius 1 is 1.29 bits per heavy atom. The van der Waals surface area contributed by atoms with E-state index in [0.29, 0.717) is 23.0 Å². The average molecular weight is 440 g/mol. The van der Waals surface area contributed by atoms with Crippen molar-refractivity contribution in [1.82, 2.24) is 29.5 Å². The predicted molar refractivity (Wildman–Crippen MR) is 123 cm³/mol. The number of hydrogen-bond acceptors (Lipinski definition) is 6. The summed E-state index contributed by atoms with van der Waals surface area (Å²) in [7, 11) is 3.95. The molecule has 0 spiro atoms. The van der Waals surface area contributed by atoms with E-state index in [1.165, 1.54) is 6.33 Å². The molecule has 1 fully saturated rings. The lowest BCUT2D eigenvalue weighted by atomic mass is 10.1.